The summed E-state index contributed by atoms with van der Waals surface area (Å²) in [6.07, 6.45) is 4.42. The number of carbonyl (C=O) groups is 1. The number of aromatic nitrogens is 2. The molecular weight excluding hydrogens is 312 g/mol. The van der Waals surface area contributed by atoms with E-state index in [1.807, 2.05) is 31.4 Å². The number of halogens is 1. The lowest BCUT2D eigenvalue weighted by atomic mass is 10.0. The van der Waals surface area contributed by atoms with E-state index in [0.717, 1.165) is 30.2 Å². The lowest BCUT2D eigenvalue weighted by Gasteiger charge is -2.18. The first kappa shape index (κ1) is 16.0. The van der Waals surface area contributed by atoms with Crippen LogP contribution < -0.4 is 10.2 Å². The Balaban J connectivity index is 1.58. The van der Waals surface area contributed by atoms with Gasteiger partial charge in [0, 0.05) is 31.4 Å². The molecule has 1 aliphatic heterocycles. The molecule has 2 aromatic rings. The zero-order chi connectivity index (χ0) is 16.4. The van der Waals surface area contributed by atoms with Crippen molar-refractivity contribution >= 4 is 23.2 Å². The third-order valence-corrected chi connectivity index (χ3v) is 4.53. The van der Waals surface area contributed by atoms with Crippen LogP contribution in [0.15, 0.2) is 36.7 Å². The summed E-state index contributed by atoms with van der Waals surface area (Å²) in [5, 5.41) is 8.27. The number of hydrogen-bond donors (Lipinski definition) is 1. The van der Waals surface area contributed by atoms with E-state index in [4.69, 9.17) is 11.6 Å². The van der Waals surface area contributed by atoms with E-state index in [9.17, 15) is 4.79 Å². The van der Waals surface area contributed by atoms with Gasteiger partial charge in [0.25, 0.3) is 0 Å². The molecule has 1 aromatic carbocycles. The summed E-state index contributed by atoms with van der Waals surface area (Å²) < 4.78 is 1.71. The molecule has 3 rings (SSSR count). The third kappa shape index (κ3) is 3.57. The molecule has 23 heavy (non-hydrogen) atoms. The van der Waals surface area contributed by atoms with Crippen LogP contribution in [0.3, 0.4) is 0 Å². The van der Waals surface area contributed by atoms with Gasteiger partial charge in [0.15, 0.2) is 0 Å². The molecule has 2 atom stereocenters. The van der Waals surface area contributed by atoms with E-state index >= 15 is 0 Å². The largest absolute Gasteiger partial charge is 0.308 e. The van der Waals surface area contributed by atoms with Crippen molar-refractivity contribution in [2.24, 2.45) is 7.05 Å². The number of benzene rings is 1. The first-order chi connectivity index (χ1) is 11.0. The molecule has 0 radical (unpaired) electrons. The number of nitrogens with one attached hydrogen (secondary N) is 1. The van der Waals surface area contributed by atoms with E-state index in [2.05, 4.69) is 23.4 Å². The van der Waals surface area contributed by atoms with E-state index in [0.29, 0.717) is 5.92 Å². The van der Waals surface area contributed by atoms with Crippen molar-refractivity contribution in [1.82, 2.24) is 15.1 Å². The Morgan fingerprint density at radius 2 is 2.30 bits per heavy atom. The lowest BCUT2D eigenvalue weighted by molar-refractivity contribution is -0.118. The summed E-state index contributed by atoms with van der Waals surface area (Å²) in [5.41, 5.74) is 2.05. The molecule has 0 aliphatic carbocycles. The Labute approximate surface area is 141 Å². The molecule has 0 unspecified atom stereocenters. The van der Waals surface area contributed by atoms with Crippen LogP contribution in [0.4, 0.5) is 5.69 Å². The van der Waals surface area contributed by atoms with E-state index in [-0.39, 0.29) is 11.9 Å². The Hall–Kier alpha value is -1.85. The van der Waals surface area contributed by atoms with Gasteiger partial charge in [-0.05, 0) is 30.0 Å². The number of rotatable bonds is 5. The van der Waals surface area contributed by atoms with Crippen molar-refractivity contribution in [3.05, 3.63) is 47.2 Å². The van der Waals surface area contributed by atoms with Crippen molar-refractivity contribution in [3.8, 4) is 0 Å². The highest BCUT2D eigenvalue weighted by atomic mass is 35.5. The predicted octanol–water partition coefficient (Wildman–Crippen LogP) is 2.57. The fourth-order valence-electron chi connectivity index (χ4n) is 2.92. The molecule has 0 spiro atoms. The van der Waals surface area contributed by atoms with Crippen molar-refractivity contribution in [2.75, 3.05) is 18.0 Å². The lowest BCUT2D eigenvalue weighted by Crippen LogP contribution is -2.39. The van der Waals surface area contributed by atoms with Crippen molar-refractivity contribution in [1.29, 1.82) is 0 Å². The van der Waals surface area contributed by atoms with Crippen LogP contribution in [0.1, 0.15) is 24.8 Å². The van der Waals surface area contributed by atoms with Crippen LogP contribution in [0.2, 0.25) is 5.02 Å². The zero-order valence-corrected chi connectivity index (χ0v) is 14.1. The van der Waals surface area contributed by atoms with Crippen LogP contribution >= 0.6 is 11.6 Å². The Bertz CT molecular complexity index is 699. The predicted molar refractivity (Wildman–Crippen MR) is 91.8 cm³/mol. The Morgan fingerprint density at radius 1 is 1.48 bits per heavy atom. The van der Waals surface area contributed by atoms with Gasteiger partial charge in [-0.15, -0.1) is 0 Å². The van der Waals surface area contributed by atoms with Gasteiger partial charge in [0.2, 0.25) is 5.91 Å². The number of nitrogens with zero attached hydrogens (tertiary/aromatic N) is 3. The van der Waals surface area contributed by atoms with Crippen molar-refractivity contribution < 1.29 is 4.79 Å². The smallest absolute Gasteiger partial charge is 0.244 e. The highest BCUT2D eigenvalue weighted by Gasteiger charge is 2.32. The van der Waals surface area contributed by atoms with Crippen LogP contribution in [-0.2, 0) is 11.8 Å². The molecule has 1 saturated heterocycles. The molecule has 1 amide bonds. The van der Waals surface area contributed by atoms with Crippen LogP contribution in [0, 0.1) is 0 Å². The van der Waals surface area contributed by atoms with E-state index in [1.165, 1.54) is 5.56 Å². The van der Waals surface area contributed by atoms with Crippen LogP contribution in [0.25, 0.3) is 0 Å². The minimum absolute atomic E-state index is 0.122. The molecule has 1 N–H and O–H groups in total. The molecule has 6 heteroatoms. The molecule has 122 valence electrons. The number of hydrogen-bond acceptors (Lipinski definition) is 3. The van der Waals surface area contributed by atoms with Crippen molar-refractivity contribution in [3.63, 3.8) is 0 Å². The second-order valence-electron chi connectivity index (χ2n) is 6.07. The fraction of sp³-hybridized carbons (Fsp3) is 0.412. The summed E-state index contributed by atoms with van der Waals surface area (Å²) in [6, 6.07) is 7.75. The summed E-state index contributed by atoms with van der Waals surface area (Å²) in [4.78, 5) is 14.3. The first-order valence-corrected chi connectivity index (χ1v) is 8.21. The normalized spacial score (nSPS) is 19.3. The maximum Gasteiger partial charge on any atom is 0.244 e. The third-order valence-electron chi connectivity index (χ3n) is 4.30. The van der Waals surface area contributed by atoms with Crippen LogP contribution in [0.5, 0.6) is 0 Å². The van der Waals surface area contributed by atoms with Gasteiger partial charge in [0.05, 0.1) is 17.9 Å². The maximum atomic E-state index is 12.5. The quantitative estimate of drug-likeness (QED) is 0.915. The minimum atomic E-state index is -0.128. The molecule has 1 aromatic heterocycles. The minimum Gasteiger partial charge on any atom is -0.308 e. The monoisotopic (exact) mass is 332 g/mol. The van der Waals surface area contributed by atoms with Crippen LogP contribution in [-0.4, -0.2) is 34.8 Å². The second-order valence-corrected chi connectivity index (χ2v) is 6.50. The first-order valence-electron chi connectivity index (χ1n) is 7.83. The average molecular weight is 333 g/mol. The molecule has 0 bridgehead atoms. The number of anilines is 1. The molecule has 2 heterocycles. The number of amides is 1. The van der Waals surface area contributed by atoms with Gasteiger partial charge < -0.3 is 10.2 Å². The van der Waals surface area contributed by atoms with E-state index < -0.39 is 0 Å². The van der Waals surface area contributed by atoms with Gasteiger partial charge >= 0.3 is 0 Å². The van der Waals surface area contributed by atoms with Gasteiger partial charge in [-0.1, -0.05) is 30.7 Å². The highest BCUT2D eigenvalue weighted by Crippen LogP contribution is 2.22. The topological polar surface area (TPSA) is 50.2 Å². The van der Waals surface area contributed by atoms with Gasteiger partial charge in [-0.25, -0.2) is 0 Å². The molecule has 1 aliphatic rings. The second kappa shape index (κ2) is 6.72. The van der Waals surface area contributed by atoms with E-state index in [1.54, 1.807) is 15.8 Å². The summed E-state index contributed by atoms with van der Waals surface area (Å²) in [6.45, 7) is 3.61. The van der Waals surface area contributed by atoms with Gasteiger partial charge in [-0.2, -0.15) is 5.10 Å². The summed E-state index contributed by atoms with van der Waals surface area (Å²) in [5.74, 6) is 0.422. The standard InChI is InChI=1S/C17H21ClN4O/c1-12(13-4-3-5-14(18)8-13)9-19-16-6-7-22(17(16)23)15-10-20-21(2)11-15/h3-5,8,10-12,16,19H,6-7,9H2,1-2H3/t12-,16+/m0/s1. The highest BCUT2D eigenvalue weighted by molar-refractivity contribution is 6.30. The SMILES string of the molecule is C[C@@H](CN[C@@H]1CCN(c2cnn(C)c2)C1=O)c1cccc(Cl)c1. The molecule has 0 saturated carbocycles. The number of aryl methyl sites for hydroxylation is 1. The Morgan fingerprint density at radius 3 is 3.00 bits per heavy atom. The zero-order valence-electron chi connectivity index (χ0n) is 13.4. The Kier molecular flexibility index (Phi) is 4.68. The summed E-state index contributed by atoms with van der Waals surface area (Å²) in [7, 11) is 1.85. The maximum absolute atomic E-state index is 12.5. The van der Waals surface area contributed by atoms with Gasteiger partial charge in [-0.3, -0.25) is 9.48 Å². The molecule has 1 fully saturated rings. The molecule has 5 nitrogen and oxygen atoms in total. The number of carbonyl (C=O) groups excluding carboxylic acids is 1. The van der Waals surface area contributed by atoms with Gasteiger partial charge in [0.1, 0.15) is 0 Å². The summed E-state index contributed by atoms with van der Waals surface area (Å²) >= 11 is 6.04. The van der Waals surface area contributed by atoms with Crippen molar-refractivity contribution in [2.45, 2.75) is 25.3 Å². The fourth-order valence-corrected chi connectivity index (χ4v) is 3.12. The average Bonchev–Trinajstić information content (AvgIpc) is 3.11. The molecular formula is C17H21ClN4O.